The molecule has 3 heterocycles. The Morgan fingerprint density at radius 1 is 1.10 bits per heavy atom. The average Bonchev–Trinajstić information content (AvgIpc) is 2.93. The van der Waals surface area contributed by atoms with Crippen molar-refractivity contribution < 1.29 is 9.32 Å². The van der Waals surface area contributed by atoms with Crippen molar-refractivity contribution in [3.63, 3.8) is 0 Å². The molecule has 0 radical (unpaired) electrons. The van der Waals surface area contributed by atoms with E-state index < -0.39 is 0 Å². The third kappa shape index (κ3) is 4.45. The van der Waals surface area contributed by atoms with Gasteiger partial charge < -0.3 is 14.7 Å². The van der Waals surface area contributed by atoms with Gasteiger partial charge >= 0.3 is 0 Å². The van der Waals surface area contributed by atoms with E-state index in [2.05, 4.69) is 20.4 Å². The molecule has 7 heteroatoms. The molecule has 1 aliphatic rings. The van der Waals surface area contributed by atoms with Crippen LogP contribution in [0.3, 0.4) is 0 Å². The van der Waals surface area contributed by atoms with Gasteiger partial charge in [0.15, 0.2) is 0 Å². The number of nitrogens with one attached hydrogen (secondary N) is 1. The first-order valence-electron chi connectivity index (χ1n) is 10.8. The molecule has 0 bridgehead atoms. The topological polar surface area (TPSA) is 84.2 Å². The molecule has 158 valence electrons. The fourth-order valence-electron chi connectivity index (χ4n) is 3.94. The van der Waals surface area contributed by atoms with Crippen molar-refractivity contribution in [2.24, 2.45) is 0 Å². The second-order valence-corrected chi connectivity index (χ2v) is 8.18. The molecule has 1 aromatic carbocycles. The van der Waals surface area contributed by atoms with Crippen LogP contribution in [0.15, 0.2) is 22.7 Å². The van der Waals surface area contributed by atoms with E-state index in [0.717, 1.165) is 59.6 Å². The van der Waals surface area contributed by atoms with E-state index in [1.807, 2.05) is 39.0 Å². The van der Waals surface area contributed by atoms with Gasteiger partial charge in [-0.1, -0.05) is 30.1 Å². The van der Waals surface area contributed by atoms with E-state index in [4.69, 9.17) is 9.51 Å². The van der Waals surface area contributed by atoms with Gasteiger partial charge in [0, 0.05) is 31.6 Å². The number of carbonyl (C=O) groups excluding carboxylic acids is 1. The van der Waals surface area contributed by atoms with E-state index in [1.54, 1.807) is 0 Å². The number of hydrogen-bond acceptors (Lipinski definition) is 6. The molecular weight excluding hydrogens is 378 g/mol. The lowest BCUT2D eigenvalue weighted by Crippen LogP contribution is -2.26. The zero-order valence-electron chi connectivity index (χ0n) is 18.0. The van der Waals surface area contributed by atoms with E-state index in [9.17, 15) is 4.79 Å². The Kier molecular flexibility index (Phi) is 5.97. The quantitative estimate of drug-likeness (QED) is 0.671. The summed E-state index contributed by atoms with van der Waals surface area (Å²) >= 11 is 0. The van der Waals surface area contributed by atoms with Gasteiger partial charge in [-0.3, -0.25) is 4.79 Å². The van der Waals surface area contributed by atoms with Crippen LogP contribution < -0.4 is 10.2 Å². The molecule has 3 aromatic rings. The summed E-state index contributed by atoms with van der Waals surface area (Å²) in [6, 6.07) is 6.05. The smallest absolute Gasteiger partial charge is 0.263 e. The van der Waals surface area contributed by atoms with Gasteiger partial charge in [0.2, 0.25) is 5.91 Å². The van der Waals surface area contributed by atoms with Crippen molar-refractivity contribution in [2.45, 2.75) is 59.3 Å². The first-order chi connectivity index (χ1) is 14.5. The zero-order chi connectivity index (χ0) is 21.1. The number of anilines is 2. The monoisotopic (exact) mass is 407 g/mol. The Morgan fingerprint density at radius 3 is 2.63 bits per heavy atom. The normalized spacial score (nSPS) is 14.7. The Morgan fingerprint density at radius 2 is 1.87 bits per heavy atom. The third-order valence-electron chi connectivity index (χ3n) is 5.68. The Labute approximate surface area is 176 Å². The van der Waals surface area contributed by atoms with Gasteiger partial charge in [0.25, 0.3) is 5.71 Å². The average molecular weight is 408 g/mol. The summed E-state index contributed by atoms with van der Waals surface area (Å²) in [4.78, 5) is 24.2. The second-order valence-electron chi connectivity index (χ2n) is 8.18. The van der Waals surface area contributed by atoms with E-state index in [1.165, 1.54) is 12.8 Å². The molecule has 4 rings (SSSR count). The summed E-state index contributed by atoms with van der Waals surface area (Å²) in [5.41, 5.74) is 4.34. The molecule has 1 aliphatic heterocycles. The molecular formula is C23H29N5O2. The van der Waals surface area contributed by atoms with Crippen LogP contribution in [0.4, 0.5) is 11.5 Å². The fraction of sp³-hybridized carbons (Fsp3) is 0.478. The predicted octanol–water partition coefficient (Wildman–Crippen LogP) is 4.49. The highest BCUT2D eigenvalue weighted by molar-refractivity contribution is 5.92. The van der Waals surface area contributed by atoms with Gasteiger partial charge in [-0.25, -0.2) is 4.98 Å². The molecule has 7 nitrogen and oxygen atoms in total. The van der Waals surface area contributed by atoms with Crippen molar-refractivity contribution in [1.82, 2.24) is 15.1 Å². The molecule has 1 amide bonds. The molecule has 0 spiro atoms. The van der Waals surface area contributed by atoms with Crippen molar-refractivity contribution in [2.75, 3.05) is 23.3 Å². The maximum Gasteiger partial charge on any atom is 0.263 e. The van der Waals surface area contributed by atoms with Crippen LogP contribution in [0, 0.1) is 20.8 Å². The van der Waals surface area contributed by atoms with Gasteiger partial charge in [0.1, 0.15) is 17.0 Å². The van der Waals surface area contributed by atoms with Crippen LogP contribution in [0.2, 0.25) is 0 Å². The van der Waals surface area contributed by atoms with E-state index >= 15 is 0 Å². The Bertz CT molecular complexity index is 1050. The molecule has 0 unspecified atom stereocenters. The van der Waals surface area contributed by atoms with Gasteiger partial charge in [-0.15, -0.1) is 0 Å². The minimum absolute atomic E-state index is 0.0440. The first kappa shape index (κ1) is 20.3. The minimum atomic E-state index is -0.0440. The van der Waals surface area contributed by atoms with Crippen molar-refractivity contribution in [3.05, 3.63) is 40.8 Å². The minimum Gasteiger partial charge on any atom is -0.356 e. The van der Waals surface area contributed by atoms with Crippen LogP contribution >= 0.6 is 0 Å². The number of hydrogen-bond donors (Lipinski definition) is 1. The number of rotatable bonds is 5. The van der Waals surface area contributed by atoms with E-state index in [0.29, 0.717) is 24.4 Å². The Balaban J connectivity index is 1.52. The summed E-state index contributed by atoms with van der Waals surface area (Å²) in [6.45, 7) is 7.88. The molecule has 2 aromatic heterocycles. The SMILES string of the molecule is Cc1ccc(C)c(NC(=O)CCc2nc(N3CCCCCC3)c3c(C)noc3n2)c1. The third-order valence-corrected chi connectivity index (χ3v) is 5.68. The Hall–Kier alpha value is -2.96. The summed E-state index contributed by atoms with van der Waals surface area (Å²) in [5.74, 6) is 1.47. The lowest BCUT2D eigenvalue weighted by molar-refractivity contribution is -0.116. The van der Waals surface area contributed by atoms with Gasteiger partial charge in [-0.05, 0) is 50.8 Å². The lowest BCUT2D eigenvalue weighted by atomic mass is 10.1. The van der Waals surface area contributed by atoms with Crippen LogP contribution in [-0.4, -0.2) is 34.1 Å². The highest BCUT2D eigenvalue weighted by atomic mass is 16.5. The van der Waals surface area contributed by atoms with Crippen LogP contribution in [0.5, 0.6) is 0 Å². The van der Waals surface area contributed by atoms with Crippen molar-refractivity contribution in [3.8, 4) is 0 Å². The largest absolute Gasteiger partial charge is 0.356 e. The standard InChI is InChI=1S/C23H29N5O2/c1-15-8-9-16(2)18(14-15)24-20(29)11-10-19-25-22(28-12-6-4-5-7-13-28)21-17(3)27-30-23(21)26-19/h8-9,14H,4-7,10-13H2,1-3H3,(H,24,29). The van der Waals surface area contributed by atoms with E-state index in [-0.39, 0.29) is 5.91 Å². The molecule has 0 atom stereocenters. The highest BCUT2D eigenvalue weighted by Gasteiger charge is 2.21. The molecule has 1 N–H and O–H groups in total. The van der Waals surface area contributed by atoms with Crippen LogP contribution in [-0.2, 0) is 11.2 Å². The van der Waals surface area contributed by atoms with Crippen molar-refractivity contribution >= 4 is 28.5 Å². The summed E-state index contributed by atoms with van der Waals surface area (Å²) in [7, 11) is 0. The van der Waals surface area contributed by atoms with Crippen LogP contribution in [0.1, 0.15) is 54.7 Å². The van der Waals surface area contributed by atoms with Gasteiger partial charge in [-0.2, -0.15) is 4.98 Å². The summed E-state index contributed by atoms with van der Waals surface area (Å²) < 4.78 is 5.46. The number of amides is 1. The molecule has 1 saturated heterocycles. The lowest BCUT2D eigenvalue weighted by Gasteiger charge is -2.22. The second kappa shape index (κ2) is 8.81. The van der Waals surface area contributed by atoms with Gasteiger partial charge in [0.05, 0.1) is 5.69 Å². The first-order valence-corrected chi connectivity index (χ1v) is 10.8. The molecule has 1 fully saturated rings. The number of fused-ring (bicyclic) bond motifs is 1. The molecule has 0 aliphatic carbocycles. The number of aromatic nitrogens is 3. The zero-order valence-corrected chi connectivity index (χ0v) is 18.0. The molecule has 0 saturated carbocycles. The number of benzene rings is 1. The van der Waals surface area contributed by atoms with Crippen molar-refractivity contribution in [1.29, 1.82) is 0 Å². The fourth-order valence-corrected chi connectivity index (χ4v) is 3.94. The number of nitrogens with zero attached hydrogens (tertiary/aromatic N) is 4. The maximum absolute atomic E-state index is 12.5. The molecule has 30 heavy (non-hydrogen) atoms. The maximum atomic E-state index is 12.5. The predicted molar refractivity (Wildman–Crippen MR) is 118 cm³/mol. The highest BCUT2D eigenvalue weighted by Crippen LogP contribution is 2.29. The number of carbonyl (C=O) groups is 1. The van der Waals surface area contributed by atoms with Crippen LogP contribution in [0.25, 0.3) is 11.1 Å². The summed E-state index contributed by atoms with van der Waals surface area (Å²) in [5, 5.41) is 8.00. The summed E-state index contributed by atoms with van der Waals surface area (Å²) in [6.07, 6.45) is 5.57. The number of aryl methyl sites for hydroxylation is 4.